The lowest BCUT2D eigenvalue weighted by atomic mass is 10.0. The third-order valence-corrected chi connectivity index (χ3v) is 5.20. The number of benzene rings is 3. The van der Waals surface area contributed by atoms with Gasteiger partial charge in [-0.3, -0.25) is 10.2 Å². The van der Waals surface area contributed by atoms with Gasteiger partial charge in [-0.05, 0) is 23.3 Å². The van der Waals surface area contributed by atoms with Crippen LogP contribution in [0.5, 0.6) is 0 Å². The number of aromatic nitrogens is 1. The van der Waals surface area contributed by atoms with Gasteiger partial charge in [0.05, 0.1) is 16.8 Å². The van der Waals surface area contributed by atoms with Crippen LogP contribution in [0, 0.1) is 5.41 Å². The first-order chi connectivity index (χ1) is 12.2. The molecule has 4 rings (SSSR count). The number of carbonyl (C=O) groups excluding carboxylic acids is 1. The van der Waals surface area contributed by atoms with Crippen molar-refractivity contribution in [2.75, 3.05) is 0 Å². The Morgan fingerprint density at radius 3 is 2.19 bits per heavy atom. The molecule has 1 N–H and O–H groups in total. The molecule has 0 aliphatic carbocycles. The van der Waals surface area contributed by atoms with Crippen LogP contribution >= 0.6 is 28.3 Å². The molecule has 3 nitrogen and oxygen atoms in total. The Balaban J connectivity index is 0.00000196. The van der Waals surface area contributed by atoms with Gasteiger partial charge in [0.15, 0.2) is 10.6 Å². The van der Waals surface area contributed by atoms with E-state index in [0.29, 0.717) is 10.4 Å². The maximum absolute atomic E-state index is 12.7. The minimum absolute atomic E-state index is 0. The van der Waals surface area contributed by atoms with Crippen molar-refractivity contribution in [3.8, 4) is 11.1 Å². The zero-order valence-electron chi connectivity index (χ0n) is 13.9. The Morgan fingerprint density at radius 1 is 0.846 bits per heavy atom. The van der Waals surface area contributed by atoms with Crippen LogP contribution in [-0.2, 0) is 6.54 Å². The van der Waals surface area contributed by atoms with Crippen molar-refractivity contribution in [2.45, 2.75) is 6.54 Å². The summed E-state index contributed by atoms with van der Waals surface area (Å²) in [6.45, 7) is 0.188. The quantitative estimate of drug-likeness (QED) is 0.443. The lowest BCUT2D eigenvalue weighted by molar-refractivity contribution is 0.0972. The highest BCUT2D eigenvalue weighted by atomic mass is 79.9. The predicted octanol–water partition coefficient (Wildman–Crippen LogP) is 5.31. The van der Waals surface area contributed by atoms with Gasteiger partial charge in [0.25, 0.3) is 0 Å². The highest BCUT2D eigenvalue weighted by Gasteiger charge is 2.11. The summed E-state index contributed by atoms with van der Waals surface area (Å²) in [4.78, 5) is 13.1. The van der Waals surface area contributed by atoms with Crippen LogP contribution < -0.4 is 4.80 Å². The molecule has 0 aliphatic rings. The van der Waals surface area contributed by atoms with Crippen molar-refractivity contribution in [1.29, 1.82) is 5.41 Å². The highest BCUT2D eigenvalue weighted by Crippen LogP contribution is 2.20. The molecule has 3 aromatic carbocycles. The van der Waals surface area contributed by atoms with Crippen LogP contribution in [0.3, 0.4) is 0 Å². The maximum Gasteiger partial charge on any atom is 0.183 e. The van der Waals surface area contributed by atoms with E-state index in [0.717, 1.165) is 21.3 Å². The van der Waals surface area contributed by atoms with Gasteiger partial charge >= 0.3 is 0 Å². The van der Waals surface area contributed by atoms with E-state index in [4.69, 9.17) is 5.41 Å². The molecule has 0 atom stereocenters. The third kappa shape index (κ3) is 3.54. The third-order valence-electron chi connectivity index (χ3n) is 4.22. The molecule has 0 saturated heterocycles. The van der Waals surface area contributed by atoms with E-state index in [1.54, 1.807) is 4.57 Å². The first-order valence-electron chi connectivity index (χ1n) is 8.04. The number of carbonyl (C=O) groups is 1. The number of thiazole rings is 1. The summed E-state index contributed by atoms with van der Waals surface area (Å²) in [6, 6.07) is 25.6. The number of para-hydroxylation sites is 1. The van der Waals surface area contributed by atoms with Crippen LogP contribution in [0.25, 0.3) is 21.3 Å². The van der Waals surface area contributed by atoms with Crippen molar-refractivity contribution in [3.05, 3.63) is 89.2 Å². The van der Waals surface area contributed by atoms with E-state index in [9.17, 15) is 4.79 Å². The number of rotatable bonds is 4. The molecule has 0 aliphatic heterocycles. The van der Waals surface area contributed by atoms with Crippen LogP contribution in [0.2, 0.25) is 0 Å². The Kier molecular flexibility index (Phi) is 5.49. The summed E-state index contributed by atoms with van der Waals surface area (Å²) >= 11 is 1.39. The second-order valence-electron chi connectivity index (χ2n) is 5.83. The number of nitrogens with one attached hydrogen (secondary N) is 1. The van der Waals surface area contributed by atoms with E-state index in [2.05, 4.69) is 12.1 Å². The molecule has 0 spiro atoms. The molecular weight excluding hydrogens is 408 g/mol. The predicted molar refractivity (Wildman–Crippen MR) is 112 cm³/mol. The number of fused-ring (bicyclic) bond motifs is 1. The minimum Gasteiger partial charge on any atom is -0.309 e. The van der Waals surface area contributed by atoms with Crippen LogP contribution in [0.4, 0.5) is 0 Å². The number of hydrogen-bond acceptors (Lipinski definition) is 3. The van der Waals surface area contributed by atoms with Gasteiger partial charge in [-0.25, -0.2) is 0 Å². The second-order valence-corrected chi connectivity index (χ2v) is 6.86. The van der Waals surface area contributed by atoms with Crippen molar-refractivity contribution in [1.82, 2.24) is 4.57 Å². The van der Waals surface area contributed by atoms with Gasteiger partial charge in [-0.1, -0.05) is 78.1 Å². The number of Topliss-reactive ketones (excluding diaryl/α,β-unsaturated/α-hetero) is 1. The number of halogens is 1. The SMILES string of the molecule is Br.N=c1sc2ccccc2n1CC(=O)c1ccc(-c2ccccc2)cc1. The van der Waals surface area contributed by atoms with Gasteiger partial charge in [0, 0.05) is 5.56 Å². The van der Waals surface area contributed by atoms with Gasteiger partial charge in [0.1, 0.15) is 0 Å². The summed E-state index contributed by atoms with van der Waals surface area (Å²) in [5.74, 6) is 0.0154. The van der Waals surface area contributed by atoms with Gasteiger partial charge in [-0.2, -0.15) is 0 Å². The Bertz CT molecular complexity index is 1100. The van der Waals surface area contributed by atoms with Gasteiger partial charge < -0.3 is 4.57 Å². The summed E-state index contributed by atoms with van der Waals surface area (Å²) in [6.07, 6.45) is 0. The van der Waals surface area contributed by atoms with Crippen molar-refractivity contribution < 1.29 is 4.79 Å². The number of ketones is 1. The van der Waals surface area contributed by atoms with Crippen molar-refractivity contribution >= 4 is 44.3 Å². The molecule has 0 fully saturated rings. The molecule has 0 radical (unpaired) electrons. The second kappa shape index (κ2) is 7.81. The van der Waals surface area contributed by atoms with E-state index in [-0.39, 0.29) is 29.3 Å². The smallest absolute Gasteiger partial charge is 0.183 e. The molecule has 1 aromatic heterocycles. The first kappa shape index (κ1) is 18.3. The first-order valence-corrected chi connectivity index (χ1v) is 8.86. The van der Waals surface area contributed by atoms with E-state index >= 15 is 0 Å². The molecule has 4 aromatic rings. The molecular formula is C21H17BrN2OS. The summed E-state index contributed by atoms with van der Waals surface area (Å²) < 4.78 is 2.80. The van der Waals surface area contributed by atoms with E-state index in [1.165, 1.54) is 11.3 Å². The fourth-order valence-electron chi connectivity index (χ4n) is 2.91. The lowest BCUT2D eigenvalue weighted by Gasteiger charge is -2.06. The van der Waals surface area contributed by atoms with Crippen molar-refractivity contribution in [3.63, 3.8) is 0 Å². The minimum atomic E-state index is 0. The molecule has 0 amide bonds. The van der Waals surface area contributed by atoms with E-state index in [1.807, 2.05) is 66.7 Å². The summed E-state index contributed by atoms with van der Waals surface area (Å²) in [7, 11) is 0. The zero-order chi connectivity index (χ0) is 17.2. The molecule has 1 heterocycles. The molecule has 5 heteroatoms. The summed E-state index contributed by atoms with van der Waals surface area (Å²) in [5.41, 5.74) is 3.83. The van der Waals surface area contributed by atoms with Gasteiger partial charge in [0.2, 0.25) is 0 Å². The molecule has 0 unspecified atom stereocenters. The lowest BCUT2D eigenvalue weighted by Crippen LogP contribution is -2.19. The summed E-state index contributed by atoms with van der Waals surface area (Å²) in [5, 5.41) is 8.13. The Hall–Kier alpha value is -2.50. The monoisotopic (exact) mass is 424 g/mol. The molecule has 0 saturated carbocycles. The normalized spacial score (nSPS) is 10.5. The fourth-order valence-corrected chi connectivity index (χ4v) is 3.82. The Labute approximate surface area is 165 Å². The van der Waals surface area contributed by atoms with Crippen molar-refractivity contribution in [2.24, 2.45) is 0 Å². The average Bonchev–Trinajstić information content (AvgIpc) is 2.98. The zero-order valence-corrected chi connectivity index (χ0v) is 16.4. The topological polar surface area (TPSA) is 45.9 Å². The fraction of sp³-hybridized carbons (Fsp3) is 0.0476. The standard InChI is InChI=1S/C21H16N2OS.BrH/c22-21-23(18-8-4-5-9-20(18)25-21)14-19(24)17-12-10-16(11-13-17)15-6-2-1-3-7-15;/h1-13,22H,14H2;1H. The molecule has 0 bridgehead atoms. The Morgan fingerprint density at radius 2 is 1.46 bits per heavy atom. The van der Waals surface area contributed by atoms with Crippen LogP contribution in [0.15, 0.2) is 78.9 Å². The largest absolute Gasteiger partial charge is 0.309 e. The molecule has 130 valence electrons. The van der Waals surface area contributed by atoms with E-state index < -0.39 is 0 Å². The average molecular weight is 425 g/mol. The highest BCUT2D eigenvalue weighted by molar-refractivity contribution is 8.93. The maximum atomic E-state index is 12.7. The van der Waals surface area contributed by atoms with Crippen LogP contribution in [0.1, 0.15) is 10.4 Å². The number of hydrogen-bond donors (Lipinski definition) is 1. The van der Waals surface area contributed by atoms with Crippen LogP contribution in [-0.4, -0.2) is 10.4 Å². The van der Waals surface area contributed by atoms with Gasteiger partial charge in [-0.15, -0.1) is 17.0 Å². The molecule has 26 heavy (non-hydrogen) atoms. The number of nitrogens with zero attached hydrogens (tertiary/aromatic N) is 1.